The van der Waals surface area contributed by atoms with Crippen molar-refractivity contribution in [1.82, 2.24) is 0 Å². The molecule has 0 amide bonds. The highest BCUT2D eigenvalue weighted by atomic mass is 16.6. The molecule has 0 spiro atoms. The molecule has 432 valence electrons. The number of carbonyl (C=O) groups is 3. The molecule has 0 bridgehead atoms. The Bertz CT molecular complexity index is 1430. The minimum Gasteiger partial charge on any atom is -0.462 e. The molecule has 1 unspecified atom stereocenters. The Morgan fingerprint density at radius 2 is 0.533 bits per heavy atom. The van der Waals surface area contributed by atoms with Gasteiger partial charge in [0.15, 0.2) is 6.10 Å². The predicted molar refractivity (Wildman–Crippen MR) is 325 cm³/mol. The second kappa shape index (κ2) is 63.1. The Balaban J connectivity index is 4.28. The molecule has 0 aliphatic heterocycles. The van der Waals surface area contributed by atoms with Gasteiger partial charge in [0.05, 0.1) is 0 Å². The van der Waals surface area contributed by atoms with Crippen molar-refractivity contribution in [3.8, 4) is 0 Å². The van der Waals surface area contributed by atoms with E-state index in [1.807, 2.05) is 0 Å². The Morgan fingerprint density at radius 1 is 0.280 bits per heavy atom. The largest absolute Gasteiger partial charge is 0.462 e. The van der Waals surface area contributed by atoms with Crippen molar-refractivity contribution < 1.29 is 28.6 Å². The van der Waals surface area contributed by atoms with Gasteiger partial charge >= 0.3 is 17.9 Å². The van der Waals surface area contributed by atoms with Gasteiger partial charge < -0.3 is 14.2 Å². The Kier molecular flexibility index (Phi) is 60.3. The lowest BCUT2D eigenvalue weighted by Gasteiger charge is -2.18. The van der Waals surface area contributed by atoms with Crippen LogP contribution in [0.15, 0.2) is 85.1 Å². The van der Waals surface area contributed by atoms with E-state index in [9.17, 15) is 14.4 Å². The van der Waals surface area contributed by atoms with Gasteiger partial charge in [0.2, 0.25) is 0 Å². The molecule has 0 N–H and O–H groups in total. The summed E-state index contributed by atoms with van der Waals surface area (Å²) in [6.07, 6.45) is 83.0. The molecular formula is C69H120O6. The molecule has 0 heterocycles. The van der Waals surface area contributed by atoms with Crippen LogP contribution in [-0.4, -0.2) is 37.2 Å². The summed E-state index contributed by atoms with van der Waals surface area (Å²) >= 11 is 0. The van der Waals surface area contributed by atoms with Gasteiger partial charge in [-0.3, -0.25) is 14.4 Å². The van der Waals surface area contributed by atoms with Crippen molar-refractivity contribution >= 4 is 17.9 Å². The number of rotatable bonds is 58. The predicted octanol–water partition coefficient (Wildman–Crippen LogP) is 21.9. The smallest absolute Gasteiger partial charge is 0.306 e. The topological polar surface area (TPSA) is 78.9 Å². The maximum atomic E-state index is 12.9. The van der Waals surface area contributed by atoms with Crippen LogP contribution in [0, 0.1) is 0 Å². The first-order valence-corrected chi connectivity index (χ1v) is 32.1. The first-order valence-electron chi connectivity index (χ1n) is 32.1. The summed E-state index contributed by atoms with van der Waals surface area (Å²) in [4.78, 5) is 38.3. The van der Waals surface area contributed by atoms with E-state index in [-0.39, 0.29) is 31.1 Å². The summed E-state index contributed by atoms with van der Waals surface area (Å²) in [5, 5.41) is 0. The van der Waals surface area contributed by atoms with Crippen LogP contribution < -0.4 is 0 Å². The van der Waals surface area contributed by atoms with Crippen LogP contribution in [0.5, 0.6) is 0 Å². The SMILES string of the molecule is CC/C=C\C/C=C\C/C=C\C/C=C\CCCCCCCCCCCCC(=O)OCC(COC(=O)CCCCCCC/C=C\CCCC)OC(=O)CCCCCCCCCCCCC/C=C\C/C=C\CCCCCCC. The van der Waals surface area contributed by atoms with E-state index in [1.165, 1.54) is 180 Å². The number of hydrogen-bond donors (Lipinski definition) is 0. The molecular weight excluding hydrogens is 925 g/mol. The Labute approximate surface area is 465 Å². The highest BCUT2D eigenvalue weighted by molar-refractivity contribution is 5.71. The highest BCUT2D eigenvalue weighted by Gasteiger charge is 2.19. The first-order chi connectivity index (χ1) is 37.0. The van der Waals surface area contributed by atoms with E-state index < -0.39 is 6.10 Å². The second-order valence-electron chi connectivity index (χ2n) is 21.3. The lowest BCUT2D eigenvalue weighted by atomic mass is 10.0. The van der Waals surface area contributed by atoms with Gasteiger partial charge in [0.1, 0.15) is 13.2 Å². The minimum atomic E-state index is -0.783. The normalized spacial score (nSPS) is 12.6. The fourth-order valence-corrected chi connectivity index (χ4v) is 9.03. The average molecular weight is 1050 g/mol. The van der Waals surface area contributed by atoms with Crippen molar-refractivity contribution in [2.24, 2.45) is 0 Å². The number of hydrogen-bond acceptors (Lipinski definition) is 6. The molecule has 0 aromatic rings. The maximum absolute atomic E-state index is 12.9. The summed E-state index contributed by atoms with van der Waals surface area (Å²) in [5.41, 5.74) is 0. The third kappa shape index (κ3) is 61.3. The zero-order valence-electron chi connectivity index (χ0n) is 49.6. The number of ether oxygens (including phenoxy) is 3. The third-order valence-electron chi connectivity index (χ3n) is 13.9. The van der Waals surface area contributed by atoms with Crippen LogP contribution in [0.2, 0.25) is 0 Å². The molecule has 0 aromatic carbocycles. The summed E-state index contributed by atoms with van der Waals surface area (Å²) in [6.45, 7) is 6.50. The van der Waals surface area contributed by atoms with E-state index in [0.29, 0.717) is 19.3 Å². The monoisotopic (exact) mass is 1040 g/mol. The zero-order valence-corrected chi connectivity index (χ0v) is 49.6. The van der Waals surface area contributed by atoms with E-state index >= 15 is 0 Å². The van der Waals surface area contributed by atoms with Crippen LogP contribution in [-0.2, 0) is 28.6 Å². The zero-order chi connectivity index (χ0) is 54.3. The molecule has 0 rings (SSSR count). The van der Waals surface area contributed by atoms with Gasteiger partial charge in [0, 0.05) is 19.3 Å². The fraction of sp³-hybridized carbons (Fsp3) is 0.754. The lowest BCUT2D eigenvalue weighted by molar-refractivity contribution is -0.167. The molecule has 6 nitrogen and oxygen atoms in total. The Morgan fingerprint density at radius 3 is 0.867 bits per heavy atom. The molecule has 0 saturated heterocycles. The van der Waals surface area contributed by atoms with Gasteiger partial charge in [-0.2, -0.15) is 0 Å². The molecule has 6 heteroatoms. The quantitative estimate of drug-likeness (QED) is 0.0261. The van der Waals surface area contributed by atoms with Crippen molar-refractivity contribution in [1.29, 1.82) is 0 Å². The highest BCUT2D eigenvalue weighted by Crippen LogP contribution is 2.16. The molecule has 0 saturated carbocycles. The van der Waals surface area contributed by atoms with Gasteiger partial charge in [-0.05, 0) is 109 Å². The van der Waals surface area contributed by atoms with Gasteiger partial charge in [-0.15, -0.1) is 0 Å². The fourth-order valence-electron chi connectivity index (χ4n) is 9.03. The van der Waals surface area contributed by atoms with E-state index in [0.717, 1.165) is 96.3 Å². The van der Waals surface area contributed by atoms with Crippen LogP contribution in [0.3, 0.4) is 0 Å². The summed E-state index contributed by atoms with van der Waals surface area (Å²) in [5.74, 6) is -0.886. The van der Waals surface area contributed by atoms with Crippen molar-refractivity contribution in [3.63, 3.8) is 0 Å². The van der Waals surface area contributed by atoms with Crippen molar-refractivity contribution in [2.45, 2.75) is 322 Å². The van der Waals surface area contributed by atoms with E-state index in [1.54, 1.807) is 0 Å². The van der Waals surface area contributed by atoms with Crippen LogP contribution in [0.1, 0.15) is 316 Å². The summed E-state index contributed by atoms with van der Waals surface area (Å²) in [6, 6.07) is 0. The molecule has 0 radical (unpaired) electrons. The maximum Gasteiger partial charge on any atom is 0.306 e. The average Bonchev–Trinajstić information content (AvgIpc) is 3.41. The molecule has 0 aliphatic rings. The Hall–Kier alpha value is -3.41. The van der Waals surface area contributed by atoms with Gasteiger partial charge in [-0.25, -0.2) is 0 Å². The molecule has 0 fully saturated rings. The number of carbonyl (C=O) groups excluding carboxylic acids is 3. The van der Waals surface area contributed by atoms with Crippen LogP contribution in [0.4, 0.5) is 0 Å². The first kappa shape index (κ1) is 71.6. The summed E-state index contributed by atoms with van der Waals surface area (Å²) < 4.78 is 16.9. The van der Waals surface area contributed by atoms with Crippen molar-refractivity contribution in [3.05, 3.63) is 85.1 Å². The molecule has 0 aromatic heterocycles. The number of allylic oxidation sites excluding steroid dienone is 14. The number of unbranched alkanes of at least 4 members (excludes halogenated alkanes) is 33. The molecule has 75 heavy (non-hydrogen) atoms. The van der Waals surface area contributed by atoms with Crippen molar-refractivity contribution in [2.75, 3.05) is 13.2 Å². The summed E-state index contributed by atoms with van der Waals surface area (Å²) in [7, 11) is 0. The van der Waals surface area contributed by atoms with Crippen LogP contribution >= 0.6 is 0 Å². The van der Waals surface area contributed by atoms with E-state index in [4.69, 9.17) is 14.2 Å². The lowest BCUT2D eigenvalue weighted by Crippen LogP contribution is -2.30. The third-order valence-corrected chi connectivity index (χ3v) is 13.9. The minimum absolute atomic E-state index is 0.0809. The molecule has 0 aliphatic carbocycles. The van der Waals surface area contributed by atoms with Gasteiger partial charge in [-0.1, -0.05) is 273 Å². The van der Waals surface area contributed by atoms with Gasteiger partial charge in [0.25, 0.3) is 0 Å². The standard InChI is InChI=1S/C69H120O6/c1-4-7-10-13-16-19-22-24-26-28-30-32-34-36-38-40-42-44-47-50-53-56-59-62-68(71)74-65-66(64-73-67(70)61-58-55-52-49-46-21-18-15-12-9-6-3)75-69(72)63-60-57-54-51-48-45-43-41-39-37-35-33-31-29-27-25-23-20-17-14-11-8-5-2/h7,10,15-16,18-19,23-26,29-32,66H,4-6,8-9,11-14,17,20-22,27-28,33-65H2,1-3H3/b10-7-,18-15-,19-16-,25-23-,26-24-,31-29-,32-30-. The number of esters is 3. The molecule has 1 atom stereocenters. The van der Waals surface area contributed by atoms with E-state index in [2.05, 4.69) is 106 Å². The van der Waals surface area contributed by atoms with Crippen LogP contribution in [0.25, 0.3) is 0 Å². The second-order valence-corrected chi connectivity index (χ2v) is 21.3.